The van der Waals surface area contributed by atoms with Crippen LogP contribution < -0.4 is 0 Å². The minimum Gasteiger partial charge on any atom is -0.507 e. The zero-order valence-corrected chi connectivity index (χ0v) is 8.76. The highest BCUT2D eigenvalue weighted by Gasteiger charge is 2.13. The average molecular weight is 215 g/mol. The maximum atomic E-state index is 11.3. The minimum atomic E-state index is -0.537. The third-order valence-electron chi connectivity index (χ3n) is 1.77. The number of rotatable bonds is 2. The van der Waals surface area contributed by atoms with Gasteiger partial charge in [0.15, 0.2) is 0 Å². The van der Waals surface area contributed by atoms with E-state index < -0.39 is 5.97 Å². The molecule has 0 amide bonds. The fourth-order valence-corrected chi connectivity index (χ4v) is 1.20. The highest BCUT2D eigenvalue weighted by atomic mass is 35.5. The van der Waals surface area contributed by atoms with Crippen LogP contribution in [0.25, 0.3) is 0 Å². The maximum absolute atomic E-state index is 11.3. The van der Waals surface area contributed by atoms with Gasteiger partial charge in [0.2, 0.25) is 0 Å². The van der Waals surface area contributed by atoms with E-state index >= 15 is 0 Å². The molecule has 0 aliphatic rings. The summed E-state index contributed by atoms with van der Waals surface area (Å²) in [6.45, 7) is 3.74. The SMILES string of the molecule is CCOC(=O)c1cc(C)c(Cl)cc1O. The fourth-order valence-electron chi connectivity index (χ4n) is 1.04. The van der Waals surface area contributed by atoms with E-state index in [0.717, 1.165) is 5.56 Å². The monoisotopic (exact) mass is 214 g/mol. The molecule has 1 aromatic rings. The quantitative estimate of drug-likeness (QED) is 0.770. The molecule has 0 aliphatic carbocycles. The summed E-state index contributed by atoms with van der Waals surface area (Å²) in [4.78, 5) is 11.3. The van der Waals surface area contributed by atoms with E-state index in [2.05, 4.69) is 0 Å². The number of phenolic OH excluding ortho intramolecular Hbond substituents is 1. The number of carbonyl (C=O) groups is 1. The summed E-state index contributed by atoms with van der Waals surface area (Å²) in [6, 6.07) is 2.85. The Morgan fingerprint density at radius 3 is 2.79 bits per heavy atom. The largest absolute Gasteiger partial charge is 0.507 e. The van der Waals surface area contributed by atoms with Crippen LogP contribution >= 0.6 is 11.6 Å². The average Bonchev–Trinajstić information content (AvgIpc) is 2.11. The van der Waals surface area contributed by atoms with Crippen LogP contribution in [0.3, 0.4) is 0 Å². The van der Waals surface area contributed by atoms with Gasteiger partial charge in [-0.3, -0.25) is 0 Å². The predicted molar refractivity (Wildman–Crippen MR) is 53.8 cm³/mol. The van der Waals surface area contributed by atoms with E-state index in [-0.39, 0.29) is 17.9 Å². The van der Waals surface area contributed by atoms with Gasteiger partial charge < -0.3 is 9.84 Å². The Morgan fingerprint density at radius 1 is 1.57 bits per heavy atom. The zero-order chi connectivity index (χ0) is 10.7. The molecule has 4 heteroatoms. The summed E-state index contributed by atoms with van der Waals surface area (Å²) in [5.41, 5.74) is 0.876. The van der Waals surface area contributed by atoms with Gasteiger partial charge in [0.05, 0.1) is 6.61 Å². The third kappa shape index (κ3) is 2.17. The molecule has 0 radical (unpaired) electrons. The lowest BCUT2D eigenvalue weighted by Crippen LogP contribution is -2.05. The molecule has 1 rings (SSSR count). The van der Waals surface area contributed by atoms with Crippen molar-refractivity contribution < 1.29 is 14.6 Å². The molecule has 0 spiro atoms. The number of carbonyl (C=O) groups excluding carboxylic acids is 1. The molecule has 0 aromatic heterocycles. The highest BCUT2D eigenvalue weighted by Crippen LogP contribution is 2.26. The smallest absolute Gasteiger partial charge is 0.341 e. The first kappa shape index (κ1) is 10.9. The summed E-state index contributed by atoms with van der Waals surface area (Å²) in [5, 5.41) is 9.85. The summed E-state index contributed by atoms with van der Waals surface area (Å²) in [5.74, 6) is -0.691. The zero-order valence-electron chi connectivity index (χ0n) is 8.00. The molecule has 0 aliphatic heterocycles. The van der Waals surface area contributed by atoms with Gasteiger partial charge in [0.25, 0.3) is 0 Å². The Bertz CT molecular complexity index is 361. The highest BCUT2D eigenvalue weighted by molar-refractivity contribution is 6.31. The number of hydrogen-bond donors (Lipinski definition) is 1. The lowest BCUT2D eigenvalue weighted by Gasteiger charge is -2.06. The molecule has 0 unspecified atom stereocenters. The van der Waals surface area contributed by atoms with Crippen molar-refractivity contribution in [2.75, 3.05) is 6.61 Å². The second-order valence-electron chi connectivity index (χ2n) is 2.84. The first-order valence-electron chi connectivity index (χ1n) is 4.22. The lowest BCUT2D eigenvalue weighted by atomic mass is 10.1. The van der Waals surface area contributed by atoms with Gasteiger partial charge in [0, 0.05) is 5.02 Å². The lowest BCUT2D eigenvalue weighted by molar-refractivity contribution is 0.0523. The van der Waals surface area contributed by atoms with E-state index in [1.54, 1.807) is 13.8 Å². The van der Waals surface area contributed by atoms with E-state index in [1.807, 2.05) is 0 Å². The Balaban J connectivity index is 3.09. The van der Waals surface area contributed by atoms with Gasteiger partial charge in [-0.05, 0) is 31.5 Å². The van der Waals surface area contributed by atoms with Crippen LogP contribution in [0, 0.1) is 6.92 Å². The number of esters is 1. The number of benzene rings is 1. The van der Waals surface area contributed by atoms with Gasteiger partial charge in [-0.25, -0.2) is 4.79 Å². The van der Waals surface area contributed by atoms with Crippen molar-refractivity contribution >= 4 is 17.6 Å². The number of hydrogen-bond acceptors (Lipinski definition) is 3. The molecule has 0 bridgehead atoms. The van der Waals surface area contributed by atoms with Crippen LogP contribution in [0.4, 0.5) is 0 Å². The molecule has 14 heavy (non-hydrogen) atoms. The molecule has 0 saturated heterocycles. The van der Waals surface area contributed by atoms with Crippen molar-refractivity contribution in [3.8, 4) is 5.75 Å². The number of aromatic hydroxyl groups is 1. The fraction of sp³-hybridized carbons (Fsp3) is 0.300. The number of ether oxygens (including phenoxy) is 1. The van der Waals surface area contributed by atoms with Crippen molar-refractivity contribution in [2.45, 2.75) is 13.8 Å². The Labute approximate surface area is 87.3 Å². The molecule has 1 N–H and O–H groups in total. The molecule has 3 nitrogen and oxygen atoms in total. The molecule has 0 atom stereocenters. The Kier molecular flexibility index (Phi) is 3.36. The van der Waals surface area contributed by atoms with Crippen LogP contribution in [0.2, 0.25) is 5.02 Å². The van der Waals surface area contributed by atoms with Crippen molar-refractivity contribution in [2.24, 2.45) is 0 Å². The first-order valence-corrected chi connectivity index (χ1v) is 4.60. The number of phenols is 1. The molecule has 0 heterocycles. The van der Waals surface area contributed by atoms with Gasteiger partial charge >= 0.3 is 5.97 Å². The molecular formula is C10H11ClO3. The summed E-state index contributed by atoms with van der Waals surface area (Å²) in [6.07, 6.45) is 0. The van der Waals surface area contributed by atoms with E-state index in [0.29, 0.717) is 5.02 Å². The van der Waals surface area contributed by atoms with Crippen LogP contribution in [0.15, 0.2) is 12.1 Å². The van der Waals surface area contributed by atoms with Crippen molar-refractivity contribution in [1.29, 1.82) is 0 Å². The van der Waals surface area contributed by atoms with Crippen molar-refractivity contribution in [1.82, 2.24) is 0 Å². The minimum absolute atomic E-state index is 0.147. The standard InChI is InChI=1S/C10H11ClO3/c1-3-14-10(13)7-4-6(2)8(11)5-9(7)12/h4-5,12H,3H2,1-2H3. The van der Waals surface area contributed by atoms with Gasteiger partial charge in [0.1, 0.15) is 11.3 Å². The van der Waals surface area contributed by atoms with Gasteiger partial charge in [-0.1, -0.05) is 11.6 Å². The Hall–Kier alpha value is -1.22. The van der Waals surface area contributed by atoms with Crippen molar-refractivity contribution in [3.63, 3.8) is 0 Å². The summed E-state index contributed by atoms with van der Waals surface area (Å²) in [7, 11) is 0. The Morgan fingerprint density at radius 2 is 2.21 bits per heavy atom. The van der Waals surface area contributed by atoms with E-state index in [1.165, 1.54) is 12.1 Å². The normalized spacial score (nSPS) is 9.93. The third-order valence-corrected chi connectivity index (χ3v) is 2.18. The molecule has 76 valence electrons. The maximum Gasteiger partial charge on any atom is 0.341 e. The molecular weight excluding hydrogens is 204 g/mol. The van der Waals surface area contributed by atoms with Crippen LogP contribution in [-0.4, -0.2) is 17.7 Å². The second-order valence-corrected chi connectivity index (χ2v) is 3.25. The predicted octanol–water partition coefficient (Wildman–Crippen LogP) is 2.53. The van der Waals surface area contributed by atoms with Gasteiger partial charge in [-0.15, -0.1) is 0 Å². The van der Waals surface area contributed by atoms with Crippen LogP contribution in [0.1, 0.15) is 22.8 Å². The van der Waals surface area contributed by atoms with Crippen molar-refractivity contribution in [3.05, 3.63) is 28.3 Å². The van der Waals surface area contributed by atoms with E-state index in [9.17, 15) is 9.90 Å². The number of aryl methyl sites for hydroxylation is 1. The van der Waals surface area contributed by atoms with Gasteiger partial charge in [-0.2, -0.15) is 0 Å². The number of halogens is 1. The van der Waals surface area contributed by atoms with Crippen LogP contribution in [-0.2, 0) is 4.74 Å². The topological polar surface area (TPSA) is 46.5 Å². The van der Waals surface area contributed by atoms with E-state index in [4.69, 9.17) is 16.3 Å². The van der Waals surface area contributed by atoms with Crippen LogP contribution in [0.5, 0.6) is 5.75 Å². The molecule has 0 saturated carbocycles. The molecule has 1 aromatic carbocycles. The summed E-state index contributed by atoms with van der Waals surface area (Å²) < 4.78 is 4.76. The second kappa shape index (κ2) is 4.33. The molecule has 0 fully saturated rings. The summed E-state index contributed by atoms with van der Waals surface area (Å²) >= 11 is 5.76. The first-order chi connectivity index (χ1) is 6.56.